The molecule has 32 heavy (non-hydrogen) atoms. The molecule has 1 saturated heterocycles. The summed E-state index contributed by atoms with van der Waals surface area (Å²) in [6.45, 7) is 1.74. The molecule has 1 aliphatic rings. The average Bonchev–Trinajstić information content (AvgIpc) is 3.03. The molecule has 0 bridgehead atoms. The number of benzene rings is 2. The molecule has 7 nitrogen and oxygen atoms in total. The van der Waals surface area contributed by atoms with E-state index in [0.29, 0.717) is 11.3 Å². The van der Waals surface area contributed by atoms with Gasteiger partial charge in [-0.3, -0.25) is 4.79 Å². The Morgan fingerprint density at radius 2 is 1.44 bits per heavy atom. The van der Waals surface area contributed by atoms with Gasteiger partial charge in [-0.2, -0.15) is 13.2 Å². The molecule has 0 aliphatic carbocycles. The highest BCUT2D eigenvalue weighted by Crippen LogP contribution is 2.27. The zero-order valence-electron chi connectivity index (χ0n) is 17.1. The fraction of sp³-hybridized carbons (Fsp3) is 0.318. The van der Waals surface area contributed by atoms with Crippen molar-refractivity contribution < 1.29 is 37.8 Å². The van der Waals surface area contributed by atoms with Crippen molar-refractivity contribution in [2.45, 2.75) is 31.9 Å². The number of aliphatic carboxylic acids is 1. The quantitative estimate of drug-likeness (QED) is 0.623. The lowest BCUT2D eigenvalue weighted by molar-refractivity contribution is -0.192. The van der Waals surface area contributed by atoms with Crippen LogP contribution in [-0.4, -0.2) is 47.3 Å². The predicted octanol–water partition coefficient (Wildman–Crippen LogP) is 4.65. The van der Waals surface area contributed by atoms with Crippen LogP contribution >= 0.6 is 0 Å². The molecule has 0 saturated carbocycles. The number of alkyl halides is 3. The first-order valence-electron chi connectivity index (χ1n) is 9.88. The monoisotopic (exact) mass is 452 g/mol. The molecule has 1 aliphatic heterocycles. The molecular formula is C22H23F3N2O5. The summed E-state index contributed by atoms with van der Waals surface area (Å²) in [6.07, 6.45) is -0.564. The van der Waals surface area contributed by atoms with Crippen molar-refractivity contribution in [2.75, 3.05) is 23.3 Å². The highest BCUT2D eigenvalue weighted by molar-refractivity contribution is 6.05. The number of carboxylic acid groups (broad SMARTS) is 2. The number of amides is 1. The van der Waals surface area contributed by atoms with E-state index in [1.54, 1.807) is 42.5 Å². The highest BCUT2D eigenvalue weighted by Gasteiger charge is 2.38. The minimum atomic E-state index is -5.08. The third kappa shape index (κ3) is 7.29. The van der Waals surface area contributed by atoms with Crippen LogP contribution in [0.3, 0.4) is 0 Å². The van der Waals surface area contributed by atoms with Crippen LogP contribution < -0.4 is 10.2 Å². The summed E-state index contributed by atoms with van der Waals surface area (Å²) in [5.41, 5.74) is 1.99. The SMILES string of the molecule is O=C(Nc1ccc(N2CCCCCC2)c(C(=O)O)c1)c1ccccc1.O=C(O)C(F)(F)F. The molecular weight excluding hydrogens is 429 g/mol. The number of nitrogens with one attached hydrogen (secondary N) is 1. The summed E-state index contributed by atoms with van der Waals surface area (Å²) in [5, 5.41) is 19.5. The van der Waals surface area contributed by atoms with Crippen LogP contribution in [-0.2, 0) is 4.79 Å². The Kier molecular flexibility index (Phi) is 8.62. The Morgan fingerprint density at radius 3 is 1.94 bits per heavy atom. The van der Waals surface area contributed by atoms with Crippen LogP contribution in [0.1, 0.15) is 46.4 Å². The topological polar surface area (TPSA) is 107 Å². The van der Waals surface area contributed by atoms with Gasteiger partial charge < -0.3 is 20.4 Å². The Balaban J connectivity index is 0.000000451. The predicted molar refractivity (Wildman–Crippen MR) is 112 cm³/mol. The molecule has 1 amide bonds. The van der Waals surface area contributed by atoms with Crippen LogP contribution in [0.5, 0.6) is 0 Å². The summed E-state index contributed by atoms with van der Waals surface area (Å²) in [5.74, 6) is -3.98. The zero-order valence-corrected chi connectivity index (χ0v) is 17.1. The van der Waals surface area contributed by atoms with E-state index in [4.69, 9.17) is 9.90 Å². The molecule has 10 heteroatoms. The third-order valence-corrected chi connectivity index (χ3v) is 4.71. The van der Waals surface area contributed by atoms with E-state index in [9.17, 15) is 27.9 Å². The molecule has 1 fully saturated rings. The van der Waals surface area contributed by atoms with Gasteiger partial charge in [-0.15, -0.1) is 0 Å². The van der Waals surface area contributed by atoms with Crippen molar-refractivity contribution in [3.05, 3.63) is 59.7 Å². The highest BCUT2D eigenvalue weighted by atomic mass is 19.4. The van der Waals surface area contributed by atoms with Crippen molar-refractivity contribution in [2.24, 2.45) is 0 Å². The fourth-order valence-electron chi connectivity index (χ4n) is 3.17. The van der Waals surface area contributed by atoms with E-state index < -0.39 is 18.1 Å². The number of carbonyl (C=O) groups is 3. The molecule has 3 rings (SSSR count). The van der Waals surface area contributed by atoms with Gasteiger partial charge in [0.1, 0.15) is 0 Å². The molecule has 3 N–H and O–H groups in total. The lowest BCUT2D eigenvalue weighted by Crippen LogP contribution is -2.26. The fourth-order valence-corrected chi connectivity index (χ4v) is 3.17. The van der Waals surface area contributed by atoms with Gasteiger partial charge in [-0.1, -0.05) is 31.0 Å². The van der Waals surface area contributed by atoms with Gasteiger partial charge in [-0.05, 0) is 43.2 Å². The van der Waals surface area contributed by atoms with Gasteiger partial charge in [0.05, 0.1) is 11.3 Å². The number of carboxylic acids is 2. The lowest BCUT2D eigenvalue weighted by atomic mass is 10.1. The number of anilines is 2. The summed E-state index contributed by atoms with van der Waals surface area (Å²) in [7, 11) is 0. The molecule has 0 unspecified atom stereocenters. The van der Waals surface area contributed by atoms with Crippen LogP contribution in [0.15, 0.2) is 48.5 Å². The third-order valence-electron chi connectivity index (χ3n) is 4.71. The largest absolute Gasteiger partial charge is 0.490 e. The molecule has 2 aromatic rings. The maximum atomic E-state index is 12.3. The van der Waals surface area contributed by atoms with E-state index in [1.807, 2.05) is 6.07 Å². The van der Waals surface area contributed by atoms with Gasteiger partial charge in [0, 0.05) is 24.3 Å². The Morgan fingerprint density at radius 1 is 0.875 bits per heavy atom. The normalized spacial score (nSPS) is 13.9. The molecule has 0 atom stereocenters. The van der Waals surface area contributed by atoms with Gasteiger partial charge in [-0.25, -0.2) is 9.59 Å². The number of halogens is 3. The number of rotatable bonds is 4. The summed E-state index contributed by atoms with van der Waals surface area (Å²) < 4.78 is 31.7. The zero-order chi connectivity index (χ0) is 23.7. The summed E-state index contributed by atoms with van der Waals surface area (Å²) in [4.78, 5) is 35.0. The molecule has 172 valence electrons. The molecule has 2 aromatic carbocycles. The maximum Gasteiger partial charge on any atom is 0.490 e. The van der Waals surface area contributed by atoms with E-state index in [2.05, 4.69) is 10.2 Å². The average molecular weight is 452 g/mol. The van der Waals surface area contributed by atoms with E-state index in [0.717, 1.165) is 31.6 Å². The van der Waals surface area contributed by atoms with Gasteiger partial charge in [0.25, 0.3) is 5.91 Å². The van der Waals surface area contributed by atoms with E-state index in [1.165, 1.54) is 12.8 Å². The Hall–Kier alpha value is -3.56. The lowest BCUT2D eigenvalue weighted by Gasteiger charge is -2.24. The van der Waals surface area contributed by atoms with E-state index >= 15 is 0 Å². The van der Waals surface area contributed by atoms with Crippen molar-refractivity contribution in [3.8, 4) is 0 Å². The van der Waals surface area contributed by atoms with Crippen molar-refractivity contribution in [1.82, 2.24) is 0 Å². The van der Waals surface area contributed by atoms with Crippen LogP contribution in [0.2, 0.25) is 0 Å². The molecule has 0 radical (unpaired) electrons. The Labute approximate surface area is 182 Å². The summed E-state index contributed by atoms with van der Waals surface area (Å²) >= 11 is 0. The first kappa shape index (κ1) is 24.7. The molecule has 0 aromatic heterocycles. The minimum absolute atomic E-state index is 0.229. The number of aromatic carboxylic acids is 1. The van der Waals surface area contributed by atoms with Crippen molar-refractivity contribution in [3.63, 3.8) is 0 Å². The minimum Gasteiger partial charge on any atom is -0.478 e. The van der Waals surface area contributed by atoms with E-state index in [-0.39, 0.29) is 11.5 Å². The number of carbonyl (C=O) groups excluding carboxylic acids is 1. The van der Waals surface area contributed by atoms with Crippen LogP contribution in [0.25, 0.3) is 0 Å². The van der Waals surface area contributed by atoms with Crippen LogP contribution in [0, 0.1) is 0 Å². The summed E-state index contributed by atoms with van der Waals surface area (Å²) in [6, 6.07) is 14.0. The van der Waals surface area contributed by atoms with Gasteiger partial charge in [0.15, 0.2) is 0 Å². The number of hydrogen-bond acceptors (Lipinski definition) is 4. The maximum absolute atomic E-state index is 12.3. The Bertz CT molecular complexity index is 940. The van der Waals surface area contributed by atoms with Crippen molar-refractivity contribution in [1.29, 1.82) is 0 Å². The standard InChI is InChI=1S/C20H22N2O3.C2HF3O2/c23-19(15-8-4-3-5-9-15)21-16-10-11-18(17(14-16)20(24)25)22-12-6-1-2-7-13-22;3-2(4,5)1(6)7/h3-5,8-11,14H,1-2,6-7,12-13H2,(H,21,23)(H,24,25);(H,6,7). The first-order valence-corrected chi connectivity index (χ1v) is 9.88. The smallest absolute Gasteiger partial charge is 0.478 e. The van der Waals surface area contributed by atoms with Crippen molar-refractivity contribution >= 4 is 29.2 Å². The first-order chi connectivity index (χ1) is 15.1. The van der Waals surface area contributed by atoms with Gasteiger partial charge >= 0.3 is 18.1 Å². The second-order valence-electron chi connectivity index (χ2n) is 7.06. The second kappa shape index (κ2) is 11.2. The number of hydrogen-bond donors (Lipinski definition) is 3. The molecule has 1 heterocycles. The second-order valence-corrected chi connectivity index (χ2v) is 7.06. The number of nitrogens with zero attached hydrogens (tertiary/aromatic N) is 1. The van der Waals surface area contributed by atoms with Gasteiger partial charge in [0.2, 0.25) is 0 Å². The van der Waals surface area contributed by atoms with Crippen LogP contribution in [0.4, 0.5) is 24.5 Å². The molecule has 0 spiro atoms.